The molecule has 0 amide bonds. The molecule has 0 unspecified atom stereocenters. The highest BCUT2D eigenvalue weighted by molar-refractivity contribution is 5.43. The molecule has 0 bridgehead atoms. The largest absolute Gasteiger partial charge is 0.506 e. The summed E-state index contributed by atoms with van der Waals surface area (Å²) < 4.78 is 10.7. The smallest absolute Gasteiger partial charge is 0.188 e. The van der Waals surface area contributed by atoms with E-state index >= 15 is 0 Å². The first kappa shape index (κ1) is 9.43. The molecule has 14 heavy (non-hydrogen) atoms. The number of aromatic nitrogens is 1. The molecule has 0 saturated carbocycles. The Hall–Kier alpha value is -1.13. The van der Waals surface area contributed by atoms with E-state index < -0.39 is 6.29 Å². The van der Waals surface area contributed by atoms with Crippen LogP contribution >= 0.6 is 0 Å². The number of aryl methyl sites for hydroxylation is 1. The summed E-state index contributed by atoms with van der Waals surface area (Å²) in [5, 5.41) is 9.79. The van der Waals surface area contributed by atoms with Gasteiger partial charge in [0.2, 0.25) is 0 Å². The van der Waals surface area contributed by atoms with E-state index in [-0.39, 0.29) is 5.75 Å². The summed E-state index contributed by atoms with van der Waals surface area (Å²) in [6.45, 7) is 4.68. The summed E-state index contributed by atoms with van der Waals surface area (Å²) in [6, 6.07) is 0. The van der Waals surface area contributed by atoms with E-state index in [0.717, 1.165) is 11.1 Å². The Labute approximate surface area is 82.5 Å². The molecule has 0 aliphatic carbocycles. The van der Waals surface area contributed by atoms with E-state index in [2.05, 4.69) is 4.98 Å². The number of nitrogens with zero attached hydrogens (tertiary/aromatic N) is 1. The summed E-state index contributed by atoms with van der Waals surface area (Å²) in [5.41, 5.74) is 2.25. The van der Waals surface area contributed by atoms with Gasteiger partial charge in [0, 0.05) is 18.4 Å². The summed E-state index contributed by atoms with van der Waals surface area (Å²) in [5.74, 6) is 0.193. The molecule has 1 aromatic heterocycles. The van der Waals surface area contributed by atoms with E-state index in [1.807, 2.05) is 6.92 Å². The molecule has 0 spiro atoms. The Morgan fingerprint density at radius 3 is 3.21 bits per heavy atom. The van der Waals surface area contributed by atoms with Crippen molar-refractivity contribution in [2.45, 2.75) is 26.7 Å². The Balaban J connectivity index is 2.41. The molecule has 0 fully saturated rings. The van der Waals surface area contributed by atoms with Gasteiger partial charge in [-0.05, 0) is 13.8 Å². The summed E-state index contributed by atoms with van der Waals surface area (Å²) in [6.07, 6.45) is 1.29. The van der Waals surface area contributed by atoms with Crippen LogP contribution in [0.15, 0.2) is 6.20 Å². The third-order valence-electron chi connectivity index (χ3n) is 2.30. The minimum atomic E-state index is -0.434. The number of fused-ring (bicyclic) bond motifs is 1. The van der Waals surface area contributed by atoms with Crippen molar-refractivity contribution < 1.29 is 14.6 Å². The highest BCUT2D eigenvalue weighted by Gasteiger charge is 2.28. The molecule has 1 aromatic rings. The Morgan fingerprint density at radius 2 is 2.50 bits per heavy atom. The van der Waals surface area contributed by atoms with Gasteiger partial charge in [0.1, 0.15) is 5.75 Å². The molecule has 0 saturated heterocycles. The molecule has 1 atom stereocenters. The quantitative estimate of drug-likeness (QED) is 0.779. The highest BCUT2D eigenvalue weighted by atomic mass is 16.7. The van der Waals surface area contributed by atoms with Gasteiger partial charge in [0.15, 0.2) is 6.29 Å². The number of ether oxygens (including phenoxy) is 2. The molecule has 4 nitrogen and oxygen atoms in total. The van der Waals surface area contributed by atoms with E-state index in [1.165, 1.54) is 0 Å². The fourth-order valence-corrected chi connectivity index (χ4v) is 1.56. The van der Waals surface area contributed by atoms with Gasteiger partial charge in [-0.1, -0.05) is 0 Å². The van der Waals surface area contributed by atoms with Crippen LogP contribution in [0.4, 0.5) is 0 Å². The van der Waals surface area contributed by atoms with E-state index in [0.29, 0.717) is 18.9 Å². The summed E-state index contributed by atoms with van der Waals surface area (Å²) >= 11 is 0. The van der Waals surface area contributed by atoms with Gasteiger partial charge in [-0.2, -0.15) is 0 Å². The van der Waals surface area contributed by atoms with Crippen molar-refractivity contribution in [2.24, 2.45) is 0 Å². The van der Waals surface area contributed by atoms with Crippen molar-refractivity contribution in [1.29, 1.82) is 0 Å². The van der Waals surface area contributed by atoms with E-state index in [9.17, 15) is 5.11 Å². The fourth-order valence-electron chi connectivity index (χ4n) is 1.56. The Morgan fingerprint density at radius 1 is 1.71 bits per heavy atom. The normalized spacial score (nSPS) is 19.7. The molecule has 0 aromatic carbocycles. The van der Waals surface area contributed by atoms with Crippen LogP contribution < -0.4 is 0 Å². The SMILES string of the molecule is CCO[C@@H]1OCc2cnc(C)c(O)c21. The van der Waals surface area contributed by atoms with Gasteiger partial charge < -0.3 is 14.6 Å². The molecule has 76 valence electrons. The lowest BCUT2D eigenvalue weighted by atomic mass is 10.1. The zero-order valence-corrected chi connectivity index (χ0v) is 8.28. The maximum atomic E-state index is 9.79. The number of hydrogen-bond donors (Lipinski definition) is 1. The minimum absolute atomic E-state index is 0.193. The van der Waals surface area contributed by atoms with Gasteiger partial charge in [-0.3, -0.25) is 4.98 Å². The summed E-state index contributed by atoms with van der Waals surface area (Å²) in [4.78, 5) is 4.06. The number of pyridine rings is 1. The number of aromatic hydroxyl groups is 1. The molecule has 2 heterocycles. The van der Waals surface area contributed by atoms with Crippen LogP contribution in [0.2, 0.25) is 0 Å². The molecule has 1 aliphatic rings. The maximum Gasteiger partial charge on any atom is 0.188 e. The van der Waals surface area contributed by atoms with Crippen LogP contribution in [0.5, 0.6) is 5.75 Å². The molecule has 1 aliphatic heterocycles. The lowest BCUT2D eigenvalue weighted by molar-refractivity contribution is -0.135. The first-order valence-corrected chi connectivity index (χ1v) is 4.64. The predicted octanol–water partition coefficient (Wildman–Crippen LogP) is 1.66. The molecular formula is C10H13NO3. The second kappa shape index (κ2) is 3.55. The lowest BCUT2D eigenvalue weighted by Crippen LogP contribution is -2.02. The number of rotatable bonds is 2. The monoisotopic (exact) mass is 195 g/mol. The van der Waals surface area contributed by atoms with Crippen LogP contribution in [0.3, 0.4) is 0 Å². The van der Waals surface area contributed by atoms with Gasteiger partial charge in [0.05, 0.1) is 17.9 Å². The minimum Gasteiger partial charge on any atom is -0.506 e. The number of hydrogen-bond acceptors (Lipinski definition) is 4. The van der Waals surface area contributed by atoms with Crippen molar-refractivity contribution in [3.05, 3.63) is 23.0 Å². The van der Waals surface area contributed by atoms with Crippen LogP contribution in [0.1, 0.15) is 30.0 Å². The Kier molecular flexibility index (Phi) is 2.39. The third-order valence-corrected chi connectivity index (χ3v) is 2.30. The first-order valence-electron chi connectivity index (χ1n) is 4.64. The standard InChI is InChI=1S/C10H13NO3/c1-3-13-10-8-7(5-14-10)4-11-6(2)9(8)12/h4,10,12H,3,5H2,1-2H3/t10-/m1/s1. The van der Waals surface area contributed by atoms with Crippen molar-refractivity contribution in [3.63, 3.8) is 0 Å². The van der Waals surface area contributed by atoms with Crippen molar-refractivity contribution in [2.75, 3.05) is 6.61 Å². The van der Waals surface area contributed by atoms with Crippen LogP contribution in [-0.2, 0) is 16.1 Å². The second-order valence-electron chi connectivity index (χ2n) is 3.23. The summed E-state index contributed by atoms with van der Waals surface area (Å²) in [7, 11) is 0. The van der Waals surface area contributed by atoms with Crippen molar-refractivity contribution in [3.8, 4) is 5.75 Å². The molecule has 2 rings (SSSR count). The molecular weight excluding hydrogens is 182 g/mol. The van der Waals surface area contributed by atoms with E-state index in [4.69, 9.17) is 9.47 Å². The lowest BCUT2D eigenvalue weighted by Gasteiger charge is -2.12. The maximum absolute atomic E-state index is 9.79. The van der Waals surface area contributed by atoms with Crippen LogP contribution in [0.25, 0.3) is 0 Å². The highest BCUT2D eigenvalue weighted by Crippen LogP contribution is 2.38. The second-order valence-corrected chi connectivity index (χ2v) is 3.23. The average Bonchev–Trinajstić information content (AvgIpc) is 2.57. The van der Waals surface area contributed by atoms with E-state index in [1.54, 1.807) is 13.1 Å². The van der Waals surface area contributed by atoms with Crippen molar-refractivity contribution in [1.82, 2.24) is 4.98 Å². The predicted molar refractivity (Wildman–Crippen MR) is 49.8 cm³/mol. The third kappa shape index (κ3) is 1.36. The van der Waals surface area contributed by atoms with Crippen LogP contribution in [-0.4, -0.2) is 16.7 Å². The van der Waals surface area contributed by atoms with Crippen molar-refractivity contribution >= 4 is 0 Å². The fraction of sp³-hybridized carbons (Fsp3) is 0.500. The van der Waals surface area contributed by atoms with Gasteiger partial charge >= 0.3 is 0 Å². The van der Waals surface area contributed by atoms with Gasteiger partial charge in [-0.15, -0.1) is 0 Å². The van der Waals surface area contributed by atoms with Gasteiger partial charge in [0.25, 0.3) is 0 Å². The average molecular weight is 195 g/mol. The zero-order chi connectivity index (χ0) is 10.1. The topological polar surface area (TPSA) is 51.6 Å². The Bertz CT molecular complexity index is 349. The molecule has 1 N–H and O–H groups in total. The molecule has 0 radical (unpaired) electrons. The zero-order valence-electron chi connectivity index (χ0n) is 8.28. The van der Waals surface area contributed by atoms with Crippen LogP contribution in [0, 0.1) is 6.92 Å². The molecule has 4 heteroatoms. The first-order chi connectivity index (χ1) is 6.74. The van der Waals surface area contributed by atoms with Gasteiger partial charge in [-0.25, -0.2) is 0 Å².